The van der Waals surface area contributed by atoms with Crippen molar-refractivity contribution in [3.8, 4) is 16.9 Å². The van der Waals surface area contributed by atoms with Gasteiger partial charge in [-0.3, -0.25) is 0 Å². The second-order valence-electron chi connectivity index (χ2n) is 3.57. The summed E-state index contributed by atoms with van der Waals surface area (Å²) in [7, 11) is 0. The van der Waals surface area contributed by atoms with Crippen LogP contribution in [-0.4, -0.2) is 11.9 Å². The molecule has 0 aliphatic carbocycles. The Hall–Kier alpha value is -1.35. The summed E-state index contributed by atoms with van der Waals surface area (Å²) in [5.41, 5.74) is 1.85. The summed E-state index contributed by atoms with van der Waals surface area (Å²) in [5, 5.41) is 0.804. The average Bonchev–Trinajstić information content (AvgIpc) is 2.37. The fourth-order valence-corrected chi connectivity index (χ4v) is 1.73. The summed E-state index contributed by atoms with van der Waals surface area (Å²) in [6, 6.07) is 14.2. The first-order valence-electron chi connectivity index (χ1n) is 5.34. The monoisotopic (exact) mass is 294 g/mol. The lowest BCUT2D eigenvalue weighted by Gasteiger charge is -2.06. The largest absolute Gasteiger partial charge is 0.493 e. The van der Waals surface area contributed by atoms with Crippen molar-refractivity contribution in [1.82, 2.24) is 0 Å². The summed E-state index contributed by atoms with van der Waals surface area (Å²) >= 11 is 3.30. The molecule has 0 bridgehead atoms. The highest BCUT2D eigenvalue weighted by atomic mass is 79.9. The Bertz CT molecular complexity index is 482. The Morgan fingerprint density at radius 2 is 1.76 bits per heavy atom. The van der Waals surface area contributed by atoms with E-state index in [1.54, 1.807) is 6.07 Å². The minimum atomic E-state index is -0.220. The van der Waals surface area contributed by atoms with Crippen molar-refractivity contribution in [1.29, 1.82) is 0 Å². The fraction of sp³-hybridized carbons (Fsp3) is 0.143. The Labute approximate surface area is 108 Å². The molecule has 3 heteroatoms. The number of hydrogen-bond acceptors (Lipinski definition) is 1. The number of halogens is 2. The predicted molar refractivity (Wildman–Crippen MR) is 71.1 cm³/mol. The van der Waals surface area contributed by atoms with E-state index >= 15 is 0 Å². The van der Waals surface area contributed by atoms with E-state index < -0.39 is 0 Å². The number of rotatable bonds is 4. The Morgan fingerprint density at radius 1 is 1.00 bits per heavy atom. The Morgan fingerprint density at radius 3 is 2.41 bits per heavy atom. The first-order chi connectivity index (χ1) is 8.29. The molecule has 2 rings (SSSR count). The number of benzene rings is 2. The second kappa shape index (κ2) is 5.82. The average molecular weight is 295 g/mol. The Balaban J connectivity index is 2.17. The second-order valence-corrected chi connectivity index (χ2v) is 4.37. The normalized spacial score (nSPS) is 10.2. The van der Waals surface area contributed by atoms with Crippen molar-refractivity contribution < 1.29 is 9.13 Å². The molecular formula is C14H12BrFO. The molecule has 0 saturated carbocycles. The van der Waals surface area contributed by atoms with Crippen LogP contribution in [0.25, 0.3) is 11.1 Å². The van der Waals surface area contributed by atoms with Crippen molar-refractivity contribution in [2.24, 2.45) is 0 Å². The molecule has 0 saturated heterocycles. The highest BCUT2D eigenvalue weighted by molar-refractivity contribution is 9.09. The number of alkyl halides is 1. The maximum atomic E-state index is 13.1. The number of ether oxygens (including phenoxy) is 1. The minimum absolute atomic E-state index is 0.220. The van der Waals surface area contributed by atoms with Crippen molar-refractivity contribution in [2.45, 2.75) is 0 Å². The van der Waals surface area contributed by atoms with Crippen LogP contribution < -0.4 is 4.74 Å². The van der Waals surface area contributed by atoms with Crippen LogP contribution in [0.15, 0.2) is 48.5 Å². The van der Waals surface area contributed by atoms with Crippen molar-refractivity contribution >= 4 is 15.9 Å². The zero-order valence-electron chi connectivity index (χ0n) is 9.20. The molecule has 2 aromatic rings. The molecule has 0 fully saturated rings. The summed E-state index contributed by atoms with van der Waals surface area (Å²) in [6.45, 7) is 0.638. The van der Waals surface area contributed by atoms with Gasteiger partial charge in [0.1, 0.15) is 11.6 Å². The van der Waals surface area contributed by atoms with Crippen molar-refractivity contribution in [2.75, 3.05) is 11.9 Å². The van der Waals surface area contributed by atoms with Crippen LogP contribution >= 0.6 is 15.9 Å². The summed E-state index contributed by atoms with van der Waals surface area (Å²) in [4.78, 5) is 0. The molecule has 88 valence electrons. The van der Waals surface area contributed by atoms with Gasteiger partial charge in [-0.25, -0.2) is 4.39 Å². The fourth-order valence-electron chi connectivity index (χ4n) is 1.57. The SMILES string of the molecule is Fc1cccc(-c2ccc(OCCBr)cc2)c1. The van der Waals surface area contributed by atoms with Crippen LogP contribution in [0.1, 0.15) is 0 Å². The van der Waals surface area contributed by atoms with E-state index in [0.717, 1.165) is 22.2 Å². The van der Waals surface area contributed by atoms with E-state index in [2.05, 4.69) is 15.9 Å². The standard InChI is InChI=1S/C14H12BrFO/c15-8-9-17-14-6-4-11(5-7-14)12-2-1-3-13(16)10-12/h1-7,10H,8-9H2. The van der Waals surface area contributed by atoms with Crippen LogP contribution in [0.4, 0.5) is 4.39 Å². The van der Waals surface area contributed by atoms with E-state index in [4.69, 9.17) is 4.74 Å². The first-order valence-corrected chi connectivity index (χ1v) is 6.46. The molecule has 0 radical (unpaired) electrons. The van der Waals surface area contributed by atoms with E-state index in [-0.39, 0.29) is 5.82 Å². The quantitative estimate of drug-likeness (QED) is 0.766. The summed E-state index contributed by atoms with van der Waals surface area (Å²) in [6.07, 6.45) is 0. The van der Waals surface area contributed by atoms with E-state index in [1.807, 2.05) is 30.3 Å². The van der Waals surface area contributed by atoms with E-state index in [1.165, 1.54) is 12.1 Å². The first kappa shape index (κ1) is 12.1. The van der Waals surface area contributed by atoms with Crippen LogP contribution in [0.2, 0.25) is 0 Å². The van der Waals surface area contributed by atoms with Gasteiger partial charge >= 0.3 is 0 Å². The number of hydrogen-bond donors (Lipinski definition) is 0. The zero-order valence-corrected chi connectivity index (χ0v) is 10.8. The predicted octanol–water partition coefficient (Wildman–Crippen LogP) is 4.27. The third-order valence-electron chi connectivity index (χ3n) is 2.36. The minimum Gasteiger partial charge on any atom is -0.493 e. The molecule has 0 aromatic heterocycles. The van der Waals surface area contributed by atoms with Gasteiger partial charge in [-0.05, 0) is 35.4 Å². The molecule has 2 aromatic carbocycles. The highest BCUT2D eigenvalue weighted by Crippen LogP contribution is 2.22. The van der Waals surface area contributed by atoms with Gasteiger partial charge in [-0.2, -0.15) is 0 Å². The van der Waals surface area contributed by atoms with Gasteiger partial charge in [0.2, 0.25) is 0 Å². The molecule has 0 N–H and O–H groups in total. The molecule has 0 aliphatic rings. The third-order valence-corrected chi connectivity index (χ3v) is 2.68. The molecule has 0 aliphatic heterocycles. The van der Waals surface area contributed by atoms with Gasteiger partial charge < -0.3 is 4.74 Å². The smallest absolute Gasteiger partial charge is 0.123 e. The van der Waals surface area contributed by atoms with Gasteiger partial charge in [0.05, 0.1) is 6.61 Å². The van der Waals surface area contributed by atoms with Crippen LogP contribution in [-0.2, 0) is 0 Å². The van der Waals surface area contributed by atoms with E-state index in [9.17, 15) is 4.39 Å². The molecule has 0 spiro atoms. The van der Waals surface area contributed by atoms with Gasteiger partial charge in [-0.15, -0.1) is 0 Å². The Kier molecular flexibility index (Phi) is 4.15. The summed E-state index contributed by atoms with van der Waals surface area (Å²) < 4.78 is 18.5. The van der Waals surface area contributed by atoms with E-state index in [0.29, 0.717) is 6.61 Å². The topological polar surface area (TPSA) is 9.23 Å². The third kappa shape index (κ3) is 3.30. The molecule has 0 atom stereocenters. The molecule has 0 amide bonds. The summed E-state index contributed by atoms with van der Waals surface area (Å²) in [5.74, 6) is 0.603. The lowest BCUT2D eigenvalue weighted by molar-refractivity contribution is 0.345. The zero-order chi connectivity index (χ0) is 12.1. The van der Waals surface area contributed by atoms with Crippen molar-refractivity contribution in [3.63, 3.8) is 0 Å². The van der Waals surface area contributed by atoms with Crippen LogP contribution in [0, 0.1) is 5.82 Å². The van der Waals surface area contributed by atoms with Gasteiger partial charge in [0, 0.05) is 5.33 Å². The van der Waals surface area contributed by atoms with Gasteiger partial charge in [-0.1, -0.05) is 40.2 Å². The molecule has 1 nitrogen and oxygen atoms in total. The molecule has 0 heterocycles. The van der Waals surface area contributed by atoms with Crippen LogP contribution in [0.5, 0.6) is 5.75 Å². The maximum Gasteiger partial charge on any atom is 0.123 e. The molecule has 17 heavy (non-hydrogen) atoms. The van der Waals surface area contributed by atoms with Crippen LogP contribution in [0.3, 0.4) is 0 Å². The van der Waals surface area contributed by atoms with Gasteiger partial charge in [0.25, 0.3) is 0 Å². The molecular weight excluding hydrogens is 283 g/mol. The van der Waals surface area contributed by atoms with Gasteiger partial charge in [0.15, 0.2) is 0 Å². The maximum absolute atomic E-state index is 13.1. The lowest BCUT2D eigenvalue weighted by Crippen LogP contribution is -1.97. The highest BCUT2D eigenvalue weighted by Gasteiger charge is 1.99. The lowest BCUT2D eigenvalue weighted by atomic mass is 10.1. The van der Waals surface area contributed by atoms with Crippen molar-refractivity contribution in [3.05, 3.63) is 54.3 Å². The molecule has 0 unspecified atom stereocenters.